The van der Waals surface area contributed by atoms with Gasteiger partial charge in [0.1, 0.15) is 10.8 Å². The quantitative estimate of drug-likeness (QED) is 0.529. The van der Waals surface area contributed by atoms with Crippen molar-refractivity contribution < 1.29 is 4.21 Å². The summed E-state index contributed by atoms with van der Waals surface area (Å²) in [6.45, 7) is 1.13. The zero-order valence-electron chi connectivity index (χ0n) is 3.11. The predicted molar refractivity (Wildman–Crippen MR) is 38.6 cm³/mol. The summed E-state index contributed by atoms with van der Waals surface area (Å²) in [5.41, 5.74) is 0. The van der Waals surface area contributed by atoms with Gasteiger partial charge in [0.2, 0.25) is 0 Å². The SMILES string of the molecule is O=S=P1=P2=P3=PC312. The van der Waals surface area contributed by atoms with Gasteiger partial charge in [-0.15, -0.1) is 0 Å². The van der Waals surface area contributed by atoms with Crippen molar-refractivity contribution in [3.05, 3.63) is 0 Å². The van der Waals surface area contributed by atoms with Crippen LogP contribution in [0.1, 0.15) is 0 Å². The lowest BCUT2D eigenvalue weighted by molar-refractivity contribution is 0.701. The average molecular weight is 184 g/mol. The Bertz CT molecular complexity index is 397. The van der Waals surface area contributed by atoms with Gasteiger partial charge in [-0.1, -0.05) is 0 Å². The van der Waals surface area contributed by atoms with E-state index >= 15 is 0 Å². The maximum Gasteiger partial charge on any atom is 0.160 e. The fourth-order valence-electron chi connectivity index (χ4n) is 0.748. The predicted octanol–water partition coefficient (Wildman–Crippen LogP) is 2.90. The van der Waals surface area contributed by atoms with Gasteiger partial charge in [-0.3, -0.25) is 0 Å². The van der Waals surface area contributed by atoms with Gasteiger partial charge in [0.25, 0.3) is 0 Å². The van der Waals surface area contributed by atoms with Gasteiger partial charge in [-0.25, -0.2) is 4.21 Å². The van der Waals surface area contributed by atoms with Crippen LogP contribution < -0.4 is 0 Å². The molecule has 7 heavy (non-hydrogen) atoms. The van der Waals surface area contributed by atoms with E-state index in [0.29, 0.717) is 13.0 Å². The lowest BCUT2D eigenvalue weighted by Gasteiger charge is -1.57. The zero-order valence-corrected chi connectivity index (χ0v) is 7.50. The third-order valence-corrected chi connectivity index (χ3v) is 33.9. The molecule has 0 amide bonds. The maximum absolute atomic E-state index is 10.1. The molecule has 0 bridgehead atoms. The molecule has 0 aromatic heterocycles. The average Bonchev–Trinajstić information content (AvgIpc) is 2.41. The van der Waals surface area contributed by atoms with E-state index in [0.717, 1.165) is 15.2 Å². The second-order valence-corrected chi connectivity index (χ2v) is 19.3. The van der Waals surface area contributed by atoms with Crippen molar-refractivity contribution in [3.63, 3.8) is 0 Å². The molecule has 6 heteroatoms. The van der Waals surface area contributed by atoms with Crippen LogP contribution in [0.4, 0.5) is 0 Å². The molecule has 0 radical (unpaired) electrons. The van der Waals surface area contributed by atoms with Crippen molar-refractivity contribution in [2.24, 2.45) is 0 Å². The monoisotopic (exact) mass is 184 g/mol. The van der Waals surface area contributed by atoms with E-state index < -0.39 is 0 Å². The molecule has 0 aliphatic carbocycles. The van der Waals surface area contributed by atoms with E-state index in [1.54, 1.807) is 7.87 Å². The van der Waals surface area contributed by atoms with Crippen molar-refractivity contribution in [1.82, 2.24) is 0 Å². The van der Waals surface area contributed by atoms with Crippen molar-refractivity contribution in [1.29, 1.82) is 0 Å². The molecule has 0 saturated carbocycles. The molecule has 36 valence electrons. The van der Waals surface area contributed by atoms with Crippen LogP contribution in [0, 0.1) is 0 Å². The minimum Gasteiger partial charge on any atom is -0.208 e. The Morgan fingerprint density at radius 1 is 1.71 bits per heavy atom. The molecule has 4 atom stereocenters. The van der Waals surface area contributed by atoms with Crippen molar-refractivity contribution in [2.45, 2.75) is 4.38 Å². The van der Waals surface area contributed by atoms with Crippen molar-refractivity contribution in [2.75, 3.05) is 0 Å². The minimum atomic E-state index is 0.122. The van der Waals surface area contributed by atoms with Gasteiger partial charge >= 0.3 is 0 Å². The van der Waals surface area contributed by atoms with Crippen LogP contribution in [0.5, 0.6) is 0 Å². The second-order valence-electron chi connectivity index (χ2n) is 1.63. The fraction of sp³-hybridized carbons (Fsp3) is 1.00. The highest BCUT2D eigenvalue weighted by molar-refractivity contribution is 8.78. The summed E-state index contributed by atoms with van der Waals surface area (Å²) in [5, 5.41) is 0. The highest BCUT2D eigenvalue weighted by Crippen LogP contribution is 3.18. The minimum absolute atomic E-state index is 0.122. The molecule has 0 aromatic carbocycles. The summed E-state index contributed by atoms with van der Waals surface area (Å²) in [7, 11) is 2.67. The maximum atomic E-state index is 10.1. The van der Waals surface area contributed by atoms with Gasteiger partial charge in [-0.2, -0.15) is 0 Å². The van der Waals surface area contributed by atoms with E-state index in [2.05, 4.69) is 0 Å². The van der Waals surface area contributed by atoms with E-state index in [4.69, 9.17) is 0 Å². The van der Waals surface area contributed by atoms with Crippen molar-refractivity contribution in [3.8, 4) is 0 Å². The van der Waals surface area contributed by atoms with Gasteiger partial charge in [0, 0.05) is 5.98 Å². The first-order valence-electron chi connectivity index (χ1n) is 1.84. The van der Waals surface area contributed by atoms with Crippen LogP contribution in [0.25, 0.3) is 0 Å². The van der Waals surface area contributed by atoms with Crippen LogP contribution in [-0.4, -0.2) is 8.59 Å². The Hall–Kier alpha value is 1.22. The van der Waals surface area contributed by atoms with Crippen LogP contribution >= 0.6 is 26.8 Å². The third kappa shape index (κ3) is 0.247. The fourth-order valence-corrected chi connectivity index (χ4v) is 47.5. The Labute approximate surface area is 46.7 Å². The molecule has 1 spiro atoms. The highest BCUT2D eigenvalue weighted by atomic mass is 32.6. The molecule has 3 heterocycles. The first-order valence-corrected chi connectivity index (χ1v) is 10.2. The molecule has 0 aromatic rings. The van der Waals surface area contributed by atoms with E-state index in [1.807, 2.05) is 0 Å². The normalized spacial score (nSPS) is 64.3. The molecule has 4 unspecified atom stereocenters. The summed E-state index contributed by atoms with van der Waals surface area (Å²) in [5.74, 6) is 0.122. The van der Waals surface area contributed by atoms with E-state index in [9.17, 15) is 4.21 Å². The molecule has 3 aliphatic rings. The largest absolute Gasteiger partial charge is 0.208 e. The van der Waals surface area contributed by atoms with Crippen molar-refractivity contribution >= 4 is 37.7 Å². The Morgan fingerprint density at radius 2 is 2.43 bits per heavy atom. The summed E-state index contributed by atoms with van der Waals surface area (Å²) in [6, 6.07) is 0. The van der Waals surface area contributed by atoms with Crippen LogP contribution in [0.15, 0.2) is 0 Å². The van der Waals surface area contributed by atoms with E-state index in [-0.39, 0.29) is 5.98 Å². The Balaban J connectivity index is 3.03. The smallest absolute Gasteiger partial charge is 0.160 e. The highest BCUT2D eigenvalue weighted by Gasteiger charge is 2.70. The molecular weight excluding hydrogens is 184 g/mol. The number of hydrogen-bond acceptors (Lipinski definition) is 1. The van der Waals surface area contributed by atoms with Crippen LogP contribution in [0.3, 0.4) is 0 Å². The number of hydrogen-bond donors (Lipinski definition) is 0. The van der Waals surface area contributed by atoms with E-state index in [1.165, 1.54) is 0 Å². The molecule has 0 fully saturated rings. The summed E-state index contributed by atoms with van der Waals surface area (Å²) >= 11 is 0. The number of rotatable bonds is 0. The topological polar surface area (TPSA) is 17.1 Å². The van der Waals surface area contributed by atoms with Gasteiger partial charge in [-0.05, 0) is 20.9 Å². The molecule has 0 saturated heterocycles. The standard InChI is InChI=1S/COP4S/c2-7-6-1-3-4(1)5(1)6. The Kier molecular flexibility index (Phi) is 0.493. The summed E-state index contributed by atoms with van der Waals surface area (Å²) < 4.78 is 11.0. The molecular formula is COP4S. The molecule has 3 aliphatic heterocycles. The third-order valence-electron chi connectivity index (χ3n) is 1.33. The Morgan fingerprint density at radius 3 is 2.57 bits per heavy atom. The van der Waals surface area contributed by atoms with Crippen LogP contribution in [-0.2, 0) is 10.8 Å². The summed E-state index contributed by atoms with van der Waals surface area (Å²) in [4.78, 5) is 0. The molecule has 1 nitrogen and oxygen atoms in total. The van der Waals surface area contributed by atoms with Gasteiger partial charge < -0.3 is 0 Å². The zero-order chi connectivity index (χ0) is 4.65. The molecule has 0 N–H and O–H groups in total. The van der Waals surface area contributed by atoms with Gasteiger partial charge in [0.15, 0.2) is 4.38 Å². The summed E-state index contributed by atoms with van der Waals surface area (Å²) in [6.07, 6.45) is 0. The van der Waals surface area contributed by atoms with Crippen LogP contribution in [0.2, 0.25) is 0 Å². The second kappa shape index (κ2) is 0.841. The first-order chi connectivity index (χ1) is 3.41. The lowest BCUT2D eigenvalue weighted by atomic mass is 11.8. The first kappa shape index (κ1) is 4.10. The lowest BCUT2D eigenvalue weighted by Crippen LogP contribution is -1.48. The molecule has 3 rings (SSSR count). The van der Waals surface area contributed by atoms with Gasteiger partial charge in [0.05, 0.1) is 0 Å².